The van der Waals surface area contributed by atoms with Crippen molar-refractivity contribution in [2.24, 2.45) is 0 Å². The SMILES string of the molecule is Cc1ccc(C(C)(C=O)Nc2cc(-c3ccc(C#Cc4cscn4)cc3)sc2C(=O)O)cc1. The fourth-order valence-electron chi connectivity index (χ4n) is 3.26. The van der Waals surface area contributed by atoms with Crippen molar-refractivity contribution in [2.75, 3.05) is 5.32 Å². The van der Waals surface area contributed by atoms with Gasteiger partial charge in [-0.1, -0.05) is 47.9 Å². The van der Waals surface area contributed by atoms with E-state index in [0.29, 0.717) is 5.69 Å². The number of aldehydes is 1. The van der Waals surface area contributed by atoms with Crippen molar-refractivity contribution >= 4 is 40.6 Å². The second kappa shape index (κ2) is 9.41. The summed E-state index contributed by atoms with van der Waals surface area (Å²) in [6.45, 7) is 3.71. The average molecular weight is 473 g/mol. The molecule has 2 aromatic carbocycles. The lowest BCUT2D eigenvalue weighted by Gasteiger charge is -2.26. The van der Waals surface area contributed by atoms with Crippen molar-refractivity contribution in [3.63, 3.8) is 0 Å². The molecule has 0 fully saturated rings. The van der Waals surface area contributed by atoms with E-state index in [-0.39, 0.29) is 4.88 Å². The van der Waals surface area contributed by atoms with Gasteiger partial charge in [-0.15, -0.1) is 22.7 Å². The van der Waals surface area contributed by atoms with Gasteiger partial charge in [0.25, 0.3) is 0 Å². The molecule has 164 valence electrons. The highest BCUT2D eigenvalue weighted by Crippen LogP contribution is 2.37. The Morgan fingerprint density at radius 2 is 1.85 bits per heavy atom. The maximum atomic E-state index is 12.0. The van der Waals surface area contributed by atoms with E-state index in [0.717, 1.165) is 50.4 Å². The summed E-state index contributed by atoms with van der Waals surface area (Å²) in [6.07, 6.45) is 0.802. The van der Waals surface area contributed by atoms with Gasteiger partial charge in [0.2, 0.25) is 0 Å². The lowest BCUT2D eigenvalue weighted by molar-refractivity contribution is -0.111. The number of thiophene rings is 1. The van der Waals surface area contributed by atoms with Crippen LogP contribution in [0.3, 0.4) is 0 Å². The summed E-state index contributed by atoms with van der Waals surface area (Å²) >= 11 is 2.66. The van der Waals surface area contributed by atoms with Gasteiger partial charge >= 0.3 is 5.97 Å². The van der Waals surface area contributed by atoms with Crippen LogP contribution in [0.1, 0.15) is 39.0 Å². The van der Waals surface area contributed by atoms with Crippen LogP contribution >= 0.6 is 22.7 Å². The van der Waals surface area contributed by atoms with Crippen molar-refractivity contribution in [2.45, 2.75) is 19.4 Å². The lowest BCUT2D eigenvalue weighted by Crippen LogP contribution is -2.33. The van der Waals surface area contributed by atoms with Crippen LogP contribution in [0.15, 0.2) is 65.5 Å². The molecule has 1 atom stereocenters. The van der Waals surface area contributed by atoms with Crippen LogP contribution in [0, 0.1) is 18.8 Å². The first kappa shape index (κ1) is 22.5. The molecular formula is C26H20N2O3S2. The smallest absolute Gasteiger partial charge is 0.348 e. The van der Waals surface area contributed by atoms with Gasteiger partial charge in [0, 0.05) is 15.8 Å². The van der Waals surface area contributed by atoms with Crippen molar-refractivity contribution in [1.82, 2.24) is 4.98 Å². The fourth-order valence-corrected chi connectivity index (χ4v) is 4.70. The molecule has 0 aliphatic carbocycles. The van der Waals surface area contributed by atoms with Gasteiger partial charge in [-0.3, -0.25) is 0 Å². The molecule has 0 spiro atoms. The number of carboxylic acid groups (broad SMARTS) is 1. The Balaban J connectivity index is 1.63. The molecule has 0 saturated heterocycles. The molecule has 5 nitrogen and oxygen atoms in total. The monoisotopic (exact) mass is 472 g/mol. The number of nitrogens with zero attached hydrogens (tertiary/aromatic N) is 1. The third kappa shape index (κ3) is 5.03. The minimum Gasteiger partial charge on any atom is -0.477 e. The van der Waals surface area contributed by atoms with E-state index in [1.54, 1.807) is 18.5 Å². The van der Waals surface area contributed by atoms with Crippen LogP contribution in [-0.4, -0.2) is 22.3 Å². The van der Waals surface area contributed by atoms with E-state index in [9.17, 15) is 14.7 Å². The highest BCUT2D eigenvalue weighted by Gasteiger charge is 2.29. The first-order valence-electron chi connectivity index (χ1n) is 10.1. The summed E-state index contributed by atoms with van der Waals surface area (Å²) < 4.78 is 0. The van der Waals surface area contributed by atoms with E-state index in [1.165, 1.54) is 11.3 Å². The molecule has 0 bridgehead atoms. The molecule has 2 heterocycles. The lowest BCUT2D eigenvalue weighted by atomic mass is 9.92. The molecule has 33 heavy (non-hydrogen) atoms. The number of hydrogen-bond donors (Lipinski definition) is 2. The molecule has 4 rings (SSSR count). The van der Waals surface area contributed by atoms with Crippen molar-refractivity contribution in [1.29, 1.82) is 0 Å². The Morgan fingerprint density at radius 3 is 2.45 bits per heavy atom. The van der Waals surface area contributed by atoms with Crippen molar-refractivity contribution in [3.8, 4) is 22.3 Å². The number of thiazole rings is 1. The van der Waals surface area contributed by atoms with Gasteiger partial charge in [-0.25, -0.2) is 9.78 Å². The maximum Gasteiger partial charge on any atom is 0.348 e. The molecule has 0 radical (unpaired) electrons. The zero-order chi connectivity index (χ0) is 23.4. The number of aromatic nitrogens is 1. The van der Waals surface area contributed by atoms with Crippen molar-refractivity contribution in [3.05, 3.63) is 92.7 Å². The maximum absolute atomic E-state index is 12.0. The van der Waals surface area contributed by atoms with Gasteiger partial charge in [0.05, 0.1) is 11.2 Å². The summed E-state index contributed by atoms with van der Waals surface area (Å²) in [5, 5.41) is 14.8. The van der Waals surface area contributed by atoms with Crippen LogP contribution in [0.25, 0.3) is 10.4 Å². The summed E-state index contributed by atoms with van der Waals surface area (Å²) in [5.41, 5.74) is 5.37. The normalized spacial score (nSPS) is 12.3. The number of aryl methyl sites for hydroxylation is 1. The highest BCUT2D eigenvalue weighted by atomic mass is 32.1. The molecule has 0 saturated carbocycles. The van der Waals surface area contributed by atoms with E-state index in [1.807, 2.05) is 60.8 Å². The Labute approximate surface area is 199 Å². The average Bonchev–Trinajstić information content (AvgIpc) is 3.48. The van der Waals surface area contributed by atoms with Gasteiger partial charge in [0.1, 0.15) is 22.4 Å². The quantitative estimate of drug-likeness (QED) is 0.274. The Kier molecular flexibility index (Phi) is 6.40. The minimum atomic E-state index is -1.06. The molecule has 2 aromatic heterocycles. The number of rotatable bonds is 6. The van der Waals surface area contributed by atoms with E-state index < -0.39 is 11.5 Å². The van der Waals surface area contributed by atoms with Gasteiger partial charge in [-0.2, -0.15) is 0 Å². The summed E-state index contributed by atoms with van der Waals surface area (Å²) in [5.74, 6) is 5.04. The van der Waals surface area contributed by atoms with Crippen LogP contribution in [-0.2, 0) is 10.3 Å². The van der Waals surface area contributed by atoms with Crippen LogP contribution in [0.2, 0.25) is 0 Å². The van der Waals surface area contributed by atoms with Crippen LogP contribution < -0.4 is 5.32 Å². The van der Waals surface area contributed by atoms with E-state index in [4.69, 9.17) is 0 Å². The number of anilines is 1. The fraction of sp³-hybridized carbons (Fsp3) is 0.115. The van der Waals surface area contributed by atoms with Gasteiger partial charge in [-0.05, 0) is 49.1 Å². The largest absolute Gasteiger partial charge is 0.477 e. The van der Waals surface area contributed by atoms with Gasteiger partial charge in [0.15, 0.2) is 0 Å². The Bertz CT molecular complexity index is 1350. The minimum absolute atomic E-state index is 0.151. The number of carbonyl (C=O) groups is 2. The van der Waals surface area contributed by atoms with E-state index in [2.05, 4.69) is 22.1 Å². The highest BCUT2D eigenvalue weighted by molar-refractivity contribution is 7.18. The Hall–Kier alpha value is -3.73. The predicted molar refractivity (Wildman–Crippen MR) is 133 cm³/mol. The molecule has 1 unspecified atom stereocenters. The van der Waals surface area contributed by atoms with Crippen molar-refractivity contribution < 1.29 is 14.7 Å². The number of carboxylic acids is 1. The van der Waals surface area contributed by atoms with Crippen LogP contribution in [0.4, 0.5) is 5.69 Å². The second-order valence-electron chi connectivity index (χ2n) is 7.67. The molecule has 0 aliphatic rings. The number of aromatic carboxylic acids is 1. The third-order valence-electron chi connectivity index (χ3n) is 5.14. The second-order valence-corrected chi connectivity index (χ2v) is 9.44. The number of carbonyl (C=O) groups excluding carboxylic acids is 1. The Morgan fingerprint density at radius 1 is 1.12 bits per heavy atom. The van der Waals surface area contributed by atoms with Gasteiger partial charge < -0.3 is 15.2 Å². The first-order chi connectivity index (χ1) is 15.9. The van der Waals surface area contributed by atoms with Crippen LogP contribution in [0.5, 0.6) is 0 Å². The molecule has 0 aliphatic heterocycles. The summed E-state index contributed by atoms with van der Waals surface area (Å²) in [7, 11) is 0. The molecule has 0 amide bonds. The standard InChI is InChI=1S/C26H20N2O3S2/c1-17-3-10-20(11-4-17)26(2,15-29)28-22-13-23(33-24(22)25(30)31)19-8-5-18(6-9-19)7-12-21-14-32-16-27-21/h3-6,8-11,13-16,28H,1-2H3,(H,30,31). The number of nitrogens with one attached hydrogen (secondary N) is 1. The molecular weight excluding hydrogens is 452 g/mol. The summed E-state index contributed by atoms with van der Waals surface area (Å²) in [6, 6.07) is 17.0. The molecule has 4 aromatic rings. The van der Waals surface area contributed by atoms with E-state index >= 15 is 0 Å². The summed E-state index contributed by atoms with van der Waals surface area (Å²) in [4.78, 5) is 29.0. The first-order valence-corrected chi connectivity index (χ1v) is 11.8. The number of benzene rings is 2. The molecule has 7 heteroatoms. The zero-order valence-electron chi connectivity index (χ0n) is 18.0. The molecule has 2 N–H and O–H groups in total. The predicted octanol–water partition coefficient (Wildman–Crippen LogP) is 5.80. The number of hydrogen-bond acceptors (Lipinski definition) is 6. The topological polar surface area (TPSA) is 79.3 Å². The third-order valence-corrected chi connectivity index (χ3v) is 6.90. The zero-order valence-corrected chi connectivity index (χ0v) is 19.6.